The summed E-state index contributed by atoms with van der Waals surface area (Å²) in [4.78, 5) is 0. The lowest BCUT2D eigenvalue weighted by Crippen LogP contribution is -2.01. The molecular weight excluding hydrogens is 198 g/mol. The van der Waals surface area contributed by atoms with Crippen molar-refractivity contribution in [2.75, 3.05) is 11.5 Å². The SMILES string of the molecule is Cn1cccc1CCc1cc(N)ccc1N. The highest BCUT2D eigenvalue weighted by molar-refractivity contribution is 5.55. The van der Waals surface area contributed by atoms with Crippen LogP contribution in [0.5, 0.6) is 0 Å². The maximum absolute atomic E-state index is 5.90. The van der Waals surface area contributed by atoms with Gasteiger partial charge in [0.2, 0.25) is 0 Å². The van der Waals surface area contributed by atoms with E-state index in [0.29, 0.717) is 0 Å². The lowest BCUT2D eigenvalue weighted by molar-refractivity contribution is 0.801. The Bertz CT molecular complexity index is 486. The van der Waals surface area contributed by atoms with E-state index in [2.05, 4.69) is 29.9 Å². The van der Waals surface area contributed by atoms with E-state index in [0.717, 1.165) is 29.8 Å². The molecule has 0 unspecified atom stereocenters. The molecule has 0 fully saturated rings. The van der Waals surface area contributed by atoms with Gasteiger partial charge in [-0.2, -0.15) is 0 Å². The molecule has 0 aliphatic carbocycles. The standard InChI is InChI=1S/C13H17N3/c1-16-8-2-3-12(16)6-4-10-9-11(14)5-7-13(10)15/h2-3,5,7-9H,4,6,14-15H2,1H3. The highest BCUT2D eigenvalue weighted by Crippen LogP contribution is 2.17. The Hall–Kier alpha value is -1.90. The van der Waals surface area contributed by atoms with Gasteiger partial charge in [-0.15, -0.1) is 0 Å². The first-order chi connectivity index (χ1) is 7.66. The molecule has 3 heteroatoms. The van der Waals surface area contributed by atoms with Crippen molar-refractivity contribution in [3.05, 3.63) is 47.8 Å². The van der Waals surface area contributed by atoms with E-state index in [-0.39, 0.29) is 0 Å². The molecule has 0 saturated carbocycles. The van der Waals surface area contributed by atoms with Crippen molar-refractivity contribution in [1.29, 1.82) is 0 Å². The summed E-state index contributed by atoms with van der Waals surface area (Å²) in [6.07, 6.45) is 3.96. The van der Waals surface area contributed by atoms with E-state index in [4.69, 9.17) is 11.5 Å². The van der Waals surface area contributed by atoms with Crippen molar-refractivity contribution in [2.45, 2.75) is 12.8 Å². The summed E-state index contributed by atoms with van der Waals surface area (Å²) in [7, 11) is 2.05. The van der Waals surface area contributed by atoms with Crippen LogP contribution in [0.25, 0.3) is 0 Å². The zero-order valence-electron chi connectivity index (χ0n) is 9.48. The number of anilines is 2. The van der Waals surface area contributed by atoms with E-state index in [1.54, 1.807) is 0 Å². The summed E-state index contributed by atoms with van der Waals surface area (Å²) in [5.41, 5.74) is 15.7. The highest BCUT2D eigenvalue weighted by atomic mass is 14.9. The predicted molar refractivity (Wildman–Crippen MR) is 68.1 cm³/mol. The third-order valence-electron chi connectivity index (χ3n) is 2.87. The summed E-state index contributed by atoms with van der Waals surface area (Å²) < 4.78 is 2.13. The Morgan fingerprint density at radius 3 is 2.62 bits per heavy atom. The van der Waals surface area contributed by atoms with Gasteiger partial charge in [0.1, 0.15) is 0 Å². The quantitative estimate of drug-likeness (QED) is 0.769. The number of benzene rings is 1. The fourth-order valence-electron chi connectivity index (χ4n) is 1.86. The van der Waals surface area contributed by atoms with Crippen LogP contribution in [0.2, 0.25) is 0 Å². The Morgan fingerprint density at radius 1 is 1.12 bits per heavy atom. The molecule has 0 aliphatic heterocycles. The molecule has 1 aromatic carbocycles. The summed E-state index contributed by atoms with van der Waals surface area (Å²) in [6, 6.07) is 9.84. The van der Waals surface area contributed by atoms with Crippen molar-refractivity contribution < 1.29 is 0 Å². The molecule has 0 aliphatic rings. The molecule has 0 bridgehead atoms. The fraction of sp³-hybridized carbons (Fsp3) is 0.231. The van der Waals surface area contributed by atoms with E-state index < -0.39 is 0 Å². The van der Waals surface area contributed by atoms with Gasteiger partial charge in [-0.3, -0.25) is 0 Å². The number of aromatic nitrogens is 1. The van der Waals surface area contributed by atoms with E-state index >= 15 is 0 Å². The van der Waals surface area contributed by atoms with Gasteiger partial charge in [0.05, 0.1) is 0 Å². The van der Waals surface area contributed by atoms with Crippen LogP contribution in [0.3, 0.4) is 0 Å². The zero-order valence-corrected chi connectivity index (χ0v) is 9.48. The van der Waals surface area contributed by atoms with Crippen LogP contribution >= 0.6 is 0 Å². The van der Waals surface area contributed by atoms with Crippen LogP contribution < -0.4 is 11.5 Å². The Balaban J connectivity index is 2.10. The average molecular weight is 215 g/mol. The number of hydrogen-bond acceptors (Lipinski definition) is 2. The summed E-state index contributed by atoms with van der Waals surface area (Å²) in [6.45, 7) is 0. The average Bonchev–Trinajstić information content (AvgIpc) is 2.66. The monoisotopic (exact) mass is 215 g/mol. The second kappa shape index (κ2) is 4.31. The van der Waals surface area contributed by atoms with Gasteiger partial charge >= 0.3 is 0 Å². The number of hydrogen-bond donors (Lipinski definition) is 2. The molecule has 2 rings (SSSR count). The molecule has 84 valence electrons. The van der Waals surface area contributed by atoms with Crippen molar-refractivity contribution >= 4 is 11.4 Å². The molecule has 0 amide bonds. The maximum Gasteiger partial charge on any atom is 0.0348 e. The van der Waals surface area contributed by atoms with Crippen LogP contribution in [0.4, 0.5) is 11.4 Å². The summed E-state index contributed by atoms with van der Waals surface area (Å²) >= 11 is 0. The molecule has 2 aromatic rings. The zero-order chi connectivity index (χ0) is 11.5. The Labute approximate surface area is 95.7 Å². The lowest BCUT2D eigenvalue weighted by Gasteiger charge is -2.07. The number of nitrogens with two attached hydrogens (primary N) is 2. The lowest BCUT2D eigenvalue weighted by atomic mass is 10.1. The van der Waals surface area contributed by atoms with Gasteiger partial charge in [0.15, 0.2) is 0 Å². The van der Waals surface area contributed by atoms with E-state index in [1.165, 1.54) is 5.69 Å². The minimum Gasteiger partial charge on any atom is -0.399 e. The van der Waals surface area contributed by atoms with Crippen molar-refractivity contribution in [2.24, 2.45) is 7.05 Å². The number of aryl methyl sites for hydroxylation is 3. The molecule has 1 heterocycles. The van der Waals surface area contributed by atoms with Crippen LogP contribution in [0.1, 0.15) is 11.3 Å². The van der Waals surface area contributed by atoms with Gasteiger partial charge in [-0.25, -0.2) is 0 Å². The van der Waals surface area contributed by atoms with Gasteiger partial charge in [0, 0.05) is 30.3 Å². The number of rotatable bonds is 3. The minimum atomic E-state index is 0.774. The molecule has 0 radical (unpaired) electrons. The second-order valence-electron chi connectivity index (χ2n) is 4.07. The molecule has 4 N–H and O–H groups in total. The molecule has 0 atom stereocenters. The molecular formula is C13H17N3. The van der Waals surface area contributed by atoms with Crippen molar-refractivity contribution in [3.63, 3.8) is 0 Å². The van der Waals surface area contributed by atoms with Gasteiger partial charge < -0.3 is 16.0 Å². The smallest absolute Gasteiger partial charge is 0.0348 e. The van der Waals surface area contributed by atoms with Crippen LogP contribution in [0.15, 0.2) is 36.5 Å². The first-order valence-electron chi connectivity index (χ1n) is 5.41. The van der Waals surface area contributed by atoms with Crippen molar-refractivity contribution in [1.82, 2.24) is 4.57 Å². The topological polar surface area (TPSA) is 57.0 Å². The van der Waals surface area contributed by atoms with Crippen LogP contribution in [-0.4, -0.2) is 4.57 Å². The number of nitrogen functional groups attached to an aromatic ring is 2. The first-order valence-corrected chi connectivity index (χ1v) is 5.41. The van der Waals surface area contributed by atoms with Crippen molar-refractivity contribution in [3.8, 4) is 0 Å². The maximum atomic E-state index is 5.90. The minimum absolute atomic E-state index is 0.774. The Morgan fingerprint density at radius 2 is 1.94 bits per heavy atom. The molecule has 0 saturated heterocycles. The predicted octanol–water partition coefficient (Wildman–Crippen LogP) is 1.97. The van der Waals surface area contributed by atoms with E-state index in [9.17, 15) is 0 Å². The molecule has 3 nitrogen and oxygen atoms in total. The van der Waals surface area contributed by atoms with Gasteiger partial charge in [0.25, 0.3) is 0 Å². The number of nitrogens with zero attached hydrogens (tertiary/aromatic N) is 1. The third-order valence-corrected chi connectivity index (χ3v) is 2.87. The molecule has 16 heavy (non-hydrogen) atoms. The van der Waals surface area contributed by atoms with Crippen LogP contribution in [-0.2, 0) is 19.9 Å². The summed E-state index contributed by atoms with van der Waals surface area (Å²) in [5.74, 6) is 0. The highest BCUT2D eigenvalue weighted by Gasteiger charge is 2.02. The first kappa shape index (κ1) is 10.6. The van der Waals surface area contributed by atoms with E-state index in [1.807, 2.05) is 18.2 Å². The summed E-state index contributed by atoms with van der Waals surface area (Å²) in [5, 5.41) is 0. The second-order valence-corrected chi connectivity index (χ2v) is 4.07. The largest absolute Gasteiger partial charge is 0.399 e. The Kier molecular flexibility index (Phi) is 2.86. The van der Waals surface area contributed by atoms with Crippen LogP contribution in [0, 0.1) is 0 Å². The van der Waals surface area contributed by atoms with Gasteiger partial charge in [-0.05, 0) is 48.7 Å². The fourth-order valence-corrected chi connectivity index (χ4v) is 1.86. The normalized spacial score (nSPS) is 10.6. The molecule has 0 spiro atoms. The van der Waals surface area contributed by atoms with Gasteiger partial charge in [-0.1, -0.05) is 0 Å². The third kappa shape index (κ3) is 2.19. The molecule has 1 aromatic heterocycles.